The average molecular weight is 1220 g/mol. The van der Waals surface area contributed by atoms with Crippen molar-refractivity contribution < 1.29 is 0 Å². The van der Waals surface area contributed by atoms with E-state index in [1.807, 2.05) is 33.5 Å². The number of benzene rings is 1. The highest BCUT2D eigenvalue weighted by Gasteiger charge is 2.38. The molecule has 0 aliphatic rings. The van der Waals surface area contributed by atoms with Crippen LogP contribution in [0.15, 0.2) is 0 Å². The first-order valence-electron chi connectivity index (χ1n) is 42.1. The molecule has 1 heteroatoms. The molecule has 0 amide bonds. The molecule has 0 unspecified atom stereocenters. The van der Waals surface area contributed by atoms with Crippen LogP contribution >= 0.6 is 0 Å². The maximum absolute atomic E-state index is 2.40. The van der Waals surface area contributed by atoms with Gasteiger partial charge in [-0.25, -0.2) is 0 Å². The van der Waals surface area contributed by atoms with Gasteiger partial charge in [-0.1, -0.05) is 396 Å². The summed E-state index contributed by atoms with van der Waals surface area (Å²) in [4.78, 5) is 0. The third-order valence-corrected chi connectivity index (χ3v) is 21.2. The lowest BCUT2D eigenvalue weighted by Gasteiger charge is -2.43. The Balaban J connectivity index is 4.54. The van der Waals surface area contributed by atoms with Gasteiger partial charge in [0.15, 0.2) is 0 Å². The molecule has 0 bridgehead atoms. The zero-order valence-electron chi connectivity index (χ0n) is 62.4. The monoisotopic (exact) mass is 1220 g/mol. The quantitative estimate of drug-likeness (QED) is 0.0450. The van der Waals surface area contributed by atoms with E-state index in [9.17, 15) is 0 Å². The second-order valence-electron chi connectivity index (χ2n) is 29.6. The fourth-order valence-electron chi connectivity index (χ4n) is 15.5. The van der Waals surface area contributed by atoms with Crippen LogP contribution in [0.2, 0.25) is 0 Å². The SMILES string of the molecule is CCCCCCCCCCc1c(CCCCCCCCCC)c(CCCCCCCCCC)c([N+](CCCCCCCCCC)(CCCCCCCCCC)CCCCCCCCCC)c(CCCCCCCCCC)c1CCCCCCCCCC. The van der Waals surface area contributed by atoms with Crippen LogP contribution in [-0.4, -0.2) is 19.6 Å². The average Bonchev–Trinajstić information content (AvgIpc) is 0.954. The first kappa shape index (κ1) is 84.2. The highest BCUT2D eigenvalue weighted by molar-refractivity contribution is 5.67. The summed E-state index contributed by atoms with van der Waals surface area (Å²) in [5.41, 5.74) is 12.0. The van der Waals surface area contributed by atoms with Crippen LogP contribution in [0.5, 0.6) is 0 Å². The molecule has 1 aromatic rings. The summed E-state index contributed by atoms with van der Waals surface area (Å²) < 4.78 is 1.37. The number of quaternary nitrogens is 1. The molecule has 0 saturated heterocycles. The maximum atomic E-state index is 2.40. The third-order valence-electron chi connectivity index (χ3n) is 21.2. The minimum atomic E-state index is 1.36. The van der Waals surface area contributed by atoms with E-state index in [-0.39, 0.29) is 0 Å². The molecule has 0 heterocycles. The molecule has 0 spiro atoms. The van der Waals surface area contributed by atoms with Gasteiger partial charge in [-0.05, 0) is 119 Å². The smallest absolute Gasteiger partial charge is 0.139 e. The molecule has 0 atom stereocenters. The van der Waals surface area contributed by atoms with Crippen molar-refractivity contribution >= 4 is 5.69 Å². The van der Waals surface area contributed by atoms with Crippen LogP contribution in [-0.2, 0) is 32.1 Å². The van der Waals surface area contributed by atoms with E-state index >= 15 is 0 Å². The highest BCUT2D eigenvalue weighted by Crippen LogP contribution is 2.44. The summed E-state index contributed by atoms with van der Waals surface area (Å²) in [6.45, 7) is 23.4. The van der Waals surface area contributed by atoms with Gasteiger partial charge in [-0.15, -0.1) is 0 Å². The highest BCUT2D eigenvalue weighted by atomic mass is 15.4. The number of unbranched alkanes of at least 4 members (excludes halogenated alkanes) is 56. The van der Waals surface area contributed by atoms with Gasteiger partial charge < -0.3 is 0 Å². The van der Waals surface area contributed by atoms with Crippen LogP contribution in [0.25, 0.3) is 0 Å². The number of rotatable bonds is 73. The van der Waals surface area contributed by atoms with E-state index in [0.29, 0.717) is 0 Å². The summed E-state index contributed by atoms with van der Waals surface area (Å²) in [6, 6.07) is 0. The van der Waals surface area contributed by atoms with Crippen molar-refractivity contribution in [1.82, 2.24) is 4.48 Å². The predicted molar refractivity (Wildman–Crippen MR) is 402 cm³/mol. The lowest BCUT2D eigenvalue weighted by molar-refractivity contribution is 0.248. The van der Waals surface area contributed by atoms with E-state index in [4.69, 9.17) is 0 Å². The Hall–Kier alpha value is -0.820. The second-order valence-corrected chi connectivity index (χ2v) is 29.6. The lowest BCUT2D eigenvalue weighted by Crippen LogP contribution is -2.53. The van der Waals surface area contributed by atoms with Gasteiger partial charge in [0.2, 0.25) is 0 Å². The summed E-state index contributed by atoms with van der Waals surface area (Å²) >= 11 is 0. The van der Waals surface area contributed by atoms with Crippen LogP contribution in [0, 0.1) is 0 Å². The Kier molecular flexibility index (Phi) is 64.5. The fraction of sp³-hybridized carbons (Fsp3) is 0.930. The fourth-order valence-corrected chi connectivity index (χ4v) is 15.5. The van der Waals surface area contributed by atoms with E-state index in [2.05, 4.69) is 55.4 Å². The van der Waals surface area contributed by atoms with Gasteiger partial charge in [0, 0.05) is 11.1 Å². The van der Waals surface area contributed by atoms with Gasteiger partial charge in [0.05, 0.1) is 19.6 Å². The minimum Gasteiger partial charge on any atom is -0.291 e. The number of hydrogen-bond donors (Lipinski definition) is 0. The van der Waals surface area contributed by atoms with Crippen molar-refractivity contribution in [1.29, 1.82) is 0 Å². The zero-order chi connectivity index (χ0) is 62.9. The maximum Gasteiger partial charge on any atom is 0.139 e. The Morgan fingerprint density at radius 3 is 0.437 bits per heavy atom. The minimum absolute atomic E-state index is 1.36. The predicted octanol–water partition coefficient (Wildman–Crippen LogP) is 30.8. The van der Waals surface area contributed by atoms with Gasteiger partial charge in [-0.3, -0.25) is 4.48 Å². The van der Waals surface area contributed by atoms with Crippen molar-refractivity contribution in [3.63, 3.8) is 0 Å². The molecular formula is C86H168N+. The first-order chi connectivity index (χ1) is 43.0. The largest absolute Gasteiger partial charge is 0.291 e. The Morgan fingerprint density at radius 2 is 0.264 bits per heavy atom. The molecule has 0 aromatic heterocycles. The molecule has 0 aliphatic carbocycles. The topological polar surface area (TPSA) is 0 Å². The summed E-state index contributed by atoms with van der Waals surface area (Å²) in [7, 11) is 0. The van der Waals surface area contributed by atoms with E-state index in [1.165, 1.54) is 467 Å². The molecule has 0 aliphatic heterocycles. The van der Waals surface area contributed by atoms with E-state index in [1.54, 1.807) is 0 Å². The van der Waals surface area contributed by atoms with Crippen LogP contribution < -0.4 is 4.48 Å². The standard InChI is InChI=1S/C86H168N/c1-9-17-25-33-41-49-57-65-73-81-82(74-66-58-50-42-34-26-18-10-2)84(76-68-60-52-44-36-28-20-12-4)86(85(77-69-61-53-45-37-29-21-13-5)83(81)75-67-59-51-43-35-27-19-11-3)87(78-70-62-54-46-38-30-22-14-6,79-71-63-55-47-39-31-23-15-7)80-72-64-56-48-40-32-24-16-8/h9-80H2,1-8H3/q+1. The molecule has 1 rings (SSSR count). The summed E-state index contributed by atoms with van der Waals surface area (Å²) in [5.74, 6) is 0. The molecule has 0 N–H and O–H groups in total. The second kappa shape index (κ2) is 66.6. The van der Waals surface area contributed by atoms with Crippen molar-refractivity contribution in [2.45, 2.75) is 498 Å². The summed E-state index contributed by atoms with van der Waals surface area (Å²) in [5, 5.41) is 0. The normalized spacial score (nSPS) is 12.0. The summed E-state index contributed by atoms with van der Waals surface area (Å²) in [6.07, 6.45) is 98.7. The van der Waals surface area contributed by atoms with Gasteiger partial charge in [-0.2, -0.15) is 0 Å². The van der Waals surface area contributed by atoms with Crippen molar-refractivity contribution in [2.24, 2.45) is 0 Å². The lowest BCUT2D eigenvalue weighted by atomic mass is 9.79. The molecule has 1 nitrogen and oxygen atoms in total. The molecule has 0 saturated carbocycles. The van der Waals surface area contributed by atoms with Gasteiger partial charge in [0.25, 0.3) is 0 Å². The molecule has 1 aromatic carbocycles. The van der Waals surface area contributed by atoms with Crippen LogP contribution in [0.4, 0.5) is 5.69 Å². The van der Waals surface area contributed by atoms with Gasteiger partial charge >= 0.3 is 0 Å². The number of nitrogens with zero attached hydrogens (tertiary/aromatic N) is 1. The van der Waals surface area contributed by atoms with E-state index in [0.717, 1.165) is 0 Å². The molecular weight excluding hydrogens is 1050 g/mol. The zero-order valence-corrected chi connectivity index (χ0v) is 62.4. The van der Waals surface area contributed by atoms with Crippen molar-refractivity contribution in [2.75, 3.05) is 19.6 Å². The van der Waals surface area contributed by atoms with Crippen LogP contribution in [0.1, 0.15) is 494 Å². The van der Waals surface area contributed by atoms with Gasteiger partial charge in [0.1, 0.15) is 5.69 Å². The Labute approximate surface area is 553 Å². The number of hydrogen-bond acceptors (Lipinski definition) is 0. The molecule has 87 heavy (non-hydrogen) atoms. The molecule has 0 radical (unpaired) electrons. The molecule has 516 valence electrons. The molecule has 0 fully saturated rings. The van der Waals surface area contributed by atoms with Crippen LogP contribution in [0.3, 0.4) is 0 Å². The van der Waals surface area contributed by atoms with Crippen molar-refractivity contribution in [3.8, 4) is 0 Å². The Morgan fingerprint density at radius 1 is 0.138 bits per heavy atom. The first-order valence-corrected chi connectivity index (χ1v) is 42.1. The van der Waals surface area contributed by atoms with E-state index < -0.39 is 0 Å². The third kappa shape index (κ3) is 46.8. The Bertz CT molecular complexity index is 1390. The van der Waals surface area contributed by atoms with Crippen molar-refractivity contribution in [3.05, 3.63) is 27.8 Å².